The van der Waals surface area contributed by atoms with Crippen LogP contribution < -0.4 is 15.0 Å². The number of benzene rings is 2. The molecule has 3 rings (SSSR count). The fourth-order valence-corrected chi connectivity index (χ4v) is 3.53. The number of rotatable bonds is 6. The molecule has 1 N–H and O–H groups in total. The summed E-state index contributed by atoms with van der Waals surface area (Å²) in [6.07, 6.45) is 0. The monoisotopic (exact) mass is 446 g/mol. The minimum atomic E-state index is -0.172. The zero-order chi connectivity index (χ0) is 20.1. The molecule has 6 heteroatoms. The maximum absolute atomic E-state index is 12.3. The Morgan fingerprint density at radius 1 is 1.21 bits per heavy atom. The van der Waals surface area contributed by atoms with Crippen molar-refractivity contribution < 1.29 is 14.3 Å². The number of aryl methyl sites for hydroxylation is 1. The molecule has 28 heavy (non-hydrogen) atoms. The number of hydrogen-bond acceptors (Lipinski definition) is 4. The molecule has 150 valence electrons. The first-order valence-electron chi connectivity index (χ1n) is 9.59. The van der Waals surface area contributed by atoms with Crippen molar-refractivity contribution in [2.24, 2.45) is 0 Å². The molecule has 5 nitrogen and oxygen atoms in total. The van der Waals surface area contributed by atoms with Crippen molar-refractivity contribution in [1.29, 1.82) is 0 Å². The smallest absolute Gasteiger partial charge is 0.262 e. The highest BCUT2D eigenvalue weighted by Crippen LogP contribution is 2.32. The Bertz CT molecular complexity index is 815. The molecule has 0 aliphatic carbocycles. The summed E-state index contributed by atoms with van der Waals surface area (Å²) in [4.78, 5) is 14.6. The van der Waals surface area contributed by atoms with Gasteiger partial charge in [0.15, 0.2) is 6.61 Å². The van der Waals surface area contributed by atoms with Gasteiger partial charge in [0.2, 0.25) is 0 Å². The second-order valence-electron chi connectivity index (χ2n) is 7.28. The molecule has 1 aliphatic rings. The van der Waals surface area contributed by atoms with Gasteiger partial charge >= 0.3 is 0 Å². The largest absolute Gasteiger partial charge is 0.483 e. The molecule has 2 aromatic carbocycles. The lowest BCUT2D eigenvalue weighted by Crippen LogP contribution is -2.36. The van der Waals surface area contributed by atoms with Crippen LogP contribution in [-0.4, -0.2) is 38.8 Å². The van der Waals surface area contributed by atoms with Crippen molar-refractivity contribution in [2.75, 3.05) is 43.1 Å². The lowest BCUT2D eigenvalue weighted by molar-refractivity contribution is -0.118. The first kappa shape index (κ1) is 20.7. The van der Waals surface area contributed by atoms with E-state index in [2.05, 4.69) is 46.1 Å². The number of hydrogen-bond donors (Lipinski definition) is 1. The third-order valence-electron chi connectivity index (χ3n) is 4.80. The van der Waals surface area contributed by atoms with Gasteiger partial charge in [-0.3, -0.25) is 4.79 Å². The molecule has 0 spiro atoms. The summed E-state index contributed by atoms with van der Waals surface area (Å²) in [5.74, 6) is 0.894. The number of anilines is 2. The van der Waals surface area contributed by atoms with Crippen LogP contribution >= 0.6 is 15.9 Å². The molecular weight excluding hydrogens is 420 g/mol. The maximum Gasteiger partial charge on any atom is 0.262 e. The van der Waals surface area contributed by atoms with Gasteiger partial charge in [-0.2, -0.15) is 0 Å². The molecule has 1 saturated heterocycles. The molecular formula is C22H27BrN2O3. The van der Waals surface area contributed by atoms with Gasteiger partial charge in [-0.25, -0.2) is 0 Å². The normalized spacial score (nSPS) is 14.2. The van der Waals surface area contributed by atoms with E-state index in [9.17, 15) is 4.79 Å². The molecule has 2 aromatic rings. The zero-order valence-electron chi connectivity index (χ0n) is 16.6. The van der Waals surface area contributed by atoms with Crippen LogP contribution in [0, 0.1) is 6.92 Å². The molecule has 0 atom stereocenters. The minimum absolute atomic E-state index is 0.0218. The first-order valence-corrected chi connectivity index (χ1v) is 10.4. The van der Waals surface area contributed by atoms with E-state index in [0.717, 1.165) is 59.0 Å². The highest BCUT2D eigenvalue weighted by molar-refractivity contribution is 9.10. The Morgan fingerprint density at radius 3 is 2.54 bits per heavy atom. The molecule has 1 heterocycles. The third-order valence-corrected chi connectivity index (χ3v) is 5.65. The van der Waals surface area contributed by atoms with Crippen LogP contribution in [0.2, 0.25) is 0 Å². The summed E-state index contributed by atoms with van der Waals surface area (Å²) in [7, 11) is 0. The van der Waals surface area contributed by atoms with Crippen molar-refractivity contribution >= 4 is 33.2 Å². The summed E-state index contributed by atoms with van der Waals surface area (Å²) in [5.41, 5.74) is 4.07. The van der Waals surface area contributed by atoms with Crippen LogP contribution in [0.5, 0.6) is 5.75 Å². The average molecular weight is 447 g/mol. The van der Waals surface area contributed by atoms with E-state index in [-0.39, 0.29) is 12.5 Å². The van der Waals surface area contributed by atoms with E-state index in [1.54, 1.807) is 0 Å². The Balaban J connectivity index is 1.58. The Labute approximate surface area is 175 Å². The SMILES string of the molecule is Cc1cc(OCC(=O)Nc2ccc(N3CCOCC3)cc2)c(C(C)C)cc1Br. The molecule has 0 bridgehead atoms. The maximum atomic E-state index is 12.3. The van der Waals surface area contributed by atoms with E-state index in [4.69, 9.17) is 9.47 Å². The van der Waals surface area contributed by atoms with E-state index >= 15 is 0 Å². The van der Waals surface area contributed by atoms with Crippen molar-refractivity contribution in [3.63, 3.8) is 0 Å². The molecule has 0 unspecified atom stereocenters. The number of morpholine rings is 1. The molecule has 0 saturated carbocycles. The minimum Gasteiger partial charge on any atom is -0.483 e. The predicted octanol–water partition coefficient (Wildman–Crippen LogP) is 4.74. The quantitative estimate of drug-likeness (QED) is 0.696. The van der Waals surface area contributed by atoms with Crippen LogP contribution in [-0.2, 0) is 9.53 Å². The van der Waals surface area contributed by atoms with E-state index < -0.39 is 0 Å². The summed E-state index contributed by atoms with van der Waals surface area (Å²) in [5, 5.41) is 2.90. The van der Waals surface area contributed by atoms with E-state index in [1.807, 2.05) is 37.3 Å². The molecule has 1 fully saturated rings. The topological polar surface area (TPSA) is 50.8 Å². The third kappa shape index (κ3) is 5.26. The predicted molar refractivity (Wildman–Crippen MR) is 117 cm³/mol. The van der Waals surface area contributed by atoms with Gasteiger partial charge in [-0.15, -0.1) is 0 Å². The number of carbonyl (C=O) groups excluding carboxylic acids is 1. The number of nitrogens with one attached hydrogen (secondary N) is 1. The fraction of sp³-hybridized carbons (Fsp3) is 0.409. The summed E-state index contributed by atoms with van der Waals surface area (Å²) in [6, 6.07) is 11.9. The van der Waals surface area contributed by atoms with Gasteiger partial charge in [-0.1, -0.05) is 29.8 Å². The molecule has 1 aliphatic heterocycles. The van der Waals surface area contributed by atoms with E-state index in [0.29, 0.717) is 5.92 Å². The average Bonchev–Trinajstić information content (AvgIpc) is 2.69. The number of carbonyl (C=O) groups is 1. The van der Waals surface area contributed by atoms with Gasteiger partial charge in [0.1, 0.15) is 5.75 Å². The molecule has 0 aromatic heterocycles. The molecule has 1 amide bonds. The Morgan fingerprint density at radius 2 is 1.89 bits per heavy atom. The zero-order valence-corrected chi connectivity index (χ0v) is 18.2. The number of ether oxygens (including phenoxy) is 2. The highest BCUT2D eigenvalue weighted by atomic mass is 79.9. The molecule has 0 radical (unpaired) electrons. The second-order valence-corrected chi connectivity index (χ2v) is 8.13. The van der Waals surface area contributed by atoms with Gasteiger partial charge in [0.05, 0.1) is 13.2 Å². The summed E-state index contributed by atoms with van der Waals surface area (Å²) < 4.78 is 12.3. The number of nitrogens with zero attached hydrogens (tertiary/aromatic N) is 1. The summed E-state index contributed by atoms with van der Waals surface area (Å²) in [6.45, 7) is 9.51. The summed E-state index contributed by atoms with van der Waals surface area (Å²) >= 11 is 3.56. The van der Waals surface area contributed by atoms with Crippen LogP contribution in [0.15, 0.2) is 40.9 Å². The first-order chi connectivity index (χ1) is 13.4. The standard InChI is InChI=1S/C22H27BrN2O3/c1-15(2)19-13-20(23)16(3)12-21(19)28-14-22(26)24-17-4-6-18(7-5-17)25-8-10-27-11-9-25/h4-7,12-13,15H,8-11,14H2,1-3H3,(H,24,26). The van der Waals surface area contributed by atoms with Crippen LogP contribution in [0.25, 0.3) is 0 Å². The lowest BCUT2D eigenvalue weighted by atomic mass is 10.0. The van der Waals surface area contributed by atoms with Gasteiger partial charge < -0.3 is 19.7 Å². The van der Waals surface area contributed by atoms with Gasteiger partial charge in [-0.05, 0) is 60.4 Å². The van der Waals surface area contributed by atoms with E-state index in [1.165, 1.54) is 0 Å². The van der Waals surface area contributed by atoms with Crippen LogP contribution in [0.1, 0.15) is 30.9 Å². The number of halogens is 1. The Kier molecular flexibility index (Phi) is 6.97. The lowest BCUT2D eigenvalue weighted by Gasteiger charge is -2.28. The second kappa shape index (κ2) is 9.43. The highest BCUT2D eigenvalue weighted by Gasteiger charge is 2.14. The van der Waals surface area contributed by atoms with Crippen LogP contribution in [0.4, 0.5) is 11.4 Å². The van der Waals surface area contributed by atoms with Crippen molar-refractivity contribution in [3.05, 3.63) is 52.0 Å². The fourth-order valence-electron chi connectivity index (χ4n) is 3.16. The van der Waals surface area contributed by atoms with Gasteiger partial charge in [0, 0.05) is 28.9 Å². The van der Waals surface area contributed by atoms with Crippen molar-refractivity contribution in [2.45, 2.75) is 26.7 Å². The Hall–Kier alpha value is -2.05. The van der Waals surface area contributed by atoms with Crippen molar-refractivity contribution in [1.82, 2.24) is 0 Å². The number of amides is 1. The van der Waals surface area contributed by atoms with Gasteiger partial charge in [0.25, 0.3) is 5.91 Å². The van der Waals surface area contributed by atoms with Crippen molar-refractivity contribution in [3.8, 4) is 5.75 Å². The van der Waals surface area contributed by atoms with Crippen LogP contribution in [0.3, 0.4) is 0 Å².